The predicted molar refractivity (Wildman–Crippen MR) is 93.4 cm³/mol. The smallest absolute Gasteiger partial charge is 0.217 e. The third kappa shape index (κ3) is 4.81. The minimum Gasteiger partial charge on any atom is -0.370 e. The lowest BCUT2D eigenvalue weighted by molar-refractivity contribution is -0.119. The topological polar surface area (TPSA) is 92.4 Å². The van der Waals surface area contributed by atoms with Crippen LogP contribution in [0.4, 0.5) is 5.13 Å². The Morgan fingerprint density at radius 2 is 2.27 bits per heavy atom. The molecule has 0 saturated heterocycles. The predicted octanol–water partition coefficient (Wildman–Crippen LogP) is 2.64. The van der Waals surface area contributed by atoms with Crippen molar-refractivity contribution in [1.29, 1.82) is 0 Å². The third-order valence-electron chi connectivity index (χ3n) is 2.67. The van der Waals surface area contributed by atoms with E-state index < -0.39 is 0 Å². The maximum absolute atomic E-state index is 10.9. The fraction of sp³-hybridized carbons (Fsp3) is 0.357. The molecule has 2 rings (SSSR count). The molecule has 0 aliphatic carbocycles. The highest BCUT2D eigenvalue weighted by molar-refractivity contribution is 7.17. The van der Waals surface area contributed by atoms with Gasteiger partial charge in [0.1, 0.15) is 0 Å². The first-order valence-electron chi connectivity index (χ1n) is 6.94. The molecule has 0 atom stereocenters. The molecule has 1 amide bonds. The normalized spacial score (nSPS) is 11.5. The van der Waals surface area contributed by atoms with Gasteiger partial charge in [-0.25, -0.2) is 4.98 Å². The Kier molecular flexibility index (Phi) is 5.91. The van der Waals surface area contributed by atoms with Gasteiger partial charge in [-0.1, -0.05) is 6.92 Å². The number of aromatic nitrogens is 1. The molecule has 2 heterocycles. The van der Waals surface area contributed by atoms with E-state index in [9.17, 15) is 4.79 Å². The molecule has 6 nitrogen and oxygen atoms in total. The summed E-state index contributed by atoms with van der Waals surface area (Å²) < 4.78 is 0. The standard InChI is InChI=1S/C14H19N5OS2/c1-3-6-16-13(15)19-14-18-11(8-21-14)12-5-4-10(22-12)7-17-9(2)20/h4-5,8H,3,6-7H2,1-2H3,(H,17,20)(H3,15,16,18,19). The van der Waals surface area contributed by atoms with E-state index >= 15 is 0 Å². The maximum atomic E-state index is 10.9. The number of carbonyl (C=O) groups excluding carboxylic acids is 1. The Morgan fingerprint density at radius 1 is 1.45 bits per heavy atom. The Labute approximate surface area is 137 Å². The van der Waals surface area contributed by atoms with E-state index in [1.165, 1.54) is 18.3 Å². The molecule has 0 aliphatic rings. The number of hydrogen-bond donors (Lipinski definition) is 3. The average molecular weight is 337 g/mol. The molecule has 0 unspecified atom stereocenters. The van der Waals surface area contributed by atoms with E-state index in [2.05, 4.69) is 20.6 Å². The molecule has 8 heteroatoms. The molecule has 4 N–H and O–H groups in total. The summed E-state index contributed by atoms with van der Waals surface area (Å²) in [6, 6.07) is 4.01. The molecular weight excluding hydrogens is 318 g/mol. The summed E-state index contributed by atoms with van der Waals surface area (Å²) in [5.74, 6) is 0.359. The number of hydrogen-bond acceptors (Lipinski definition) is 5. The number of rotatable bonds is 6. The van der Waals surface area contributed by atoms with E-state index in [0.717, 1.165) is 27.0 Å². The Balaban J connectivity index is 2.00. The van der Waals surface area contributed by atoms with Gasteiger partial charge in [-0.05, 0) is 18.6 Å². The highest BCUT2D eigenvalue weighted by Crippen LogP contribution is 2.30. The summed E-state index contributed by atoms with van der Waals surface area (Å²) in [4.78, 5) is 21.8. The van der Waals surface area contributed by atoms with Crippen LogP contribution in [0.3, 0.4) is 0 Å². The van der Waals surface area contributed by atoms with Crippen LogP contribution in [0.1, 0.15) is 25.1 Å². The number of thiophene rings is 1. The first-order chi connectivity index (χ1) is 10.6. The van der Waals surface area contributed by atoms with Gasteiger partial charge in [0.2, 0.25) is 5.91 Å². The lowest BCUT2D eigenvalue weighted by Gasteiger charge is -2.00. The van der Waals surface area contributed by atoms with E-state index in [1.54, 1.807) is 11.3 Å². The van der Waals surface area contributed by atoms with E-state index in [0.29, 0.717) is 19.0 Å². The molecule has 0 spiro atoms. The van der Waals surface area contributed by atoms with Crippen LogP contribution in [0.2, 0.25) is 0 Å². The van der Waals surface area contributed by atoms with Crippen molar-refractivity contribution in [2.24, 2.45) is 10.7 Å². The van der Waals surface area contributed by atoms with Crippen molar-refractivity contribution in [2.75, 3.05) is 11.9 Å². The average Bonchev–Trinajstić information content (AvgIpc) is 3.11. The fourth-order valence-corrected chi connectivity index (χ4v) is 3.35. The van der Waals surface area contributed by atoms with Crippen LogP contribution >= 0.6 is 22.7 Å². The second-order valence-electron chi connectivity index (χ2n) is 4.61. The summed E-state index contributed by atoms with van der Waals surface area (Å²) in [6.45, 7) is 4.81. The molecule has 22 heavy (non-hydrogen) atoms. The molecular formula is C14H19N5OS2. The van der Waals surface area contributed by atoms with Crippen molar-refractivity contribution in [3.8, 4) is 10.6 Å². The largest absolute Gasteiger partial charge is 0.370 e. The summed E-state index contributed by atoms with van der Waals surface area (Å²) in [5, 5.41) is 8.48. The Hall–Kier alpha value is -1.93. The summed E-state index contributed by atoms with van der Waals surface area (Å²) in [6.07, 6.45) is 0.956. The van der Waals surface area contributed by atoms with Gasteiger partial charge in [-0.15, -0.1) is 22.7 Å². The lowest BCUT2D eigenvalue weighted by atomic mass is 10.3. The molecule has 0 fully saturated rings. The van der Waals surface area contributed by atoms with Crippen molar-refractivity contribution in [3.05, 3.63) is 22.4 Å². The first kappa shape index (κ1) is 16.4. The number of thiazole rings is 1. The second kappa shape index (κ2) is 7.90. The summed E-state index contributed by atoms with van der Waals surface area (Å²) >= 11 is 3.10. The maximum Gasteiger partial charge on any atom is 0.217 e. The molecule has 2 aromatic heterocycles. The van der Waals surface area contributed by atoms with Gasteiger partial charge in [0.05, 0.1) is 17.1 Å². The minimum absolute atomic E-state index is 0.0306. The highest BCUT2D eigenvalue weighted by Gasteiger charge is 2.08. The Morgan fingerprint density at radius 3 is 3.00 bits per heavy atom. The molecule has 0 aliphatic heterocycles. The van der Waals surface area contributed by atoms with Crippen LogP contribution in [-0.2, 0) is 11.3 Å². The zero-order chi connectivity index (χ0) is 15.9. The number of carbonyl (C=O) groups is 1. The number of guanidine groups is 1. The second-order valence-corrected chi connectivity index (χ2v) is 6.63. The number of nitrogens with one attached hydrogen (secondary N) is 2. The SMILES string of the molecule is CCCN=C(N)Nc1nc(-c2ccc(CNC(C)=O)s2)cs1. The number of aliphatic imine (C=N–C) groups is 1. The lowest BCUT2D eigenvalue weighted by Crippen LogP contribution is -2.22. The molecule has 0 bridgehead atoms. The van der Waals surface area contributed by atoms with E-state index in [-0.39, 0.29) is 5.91 Å². The van der Waals surface area contributed by atoms with Crippen LogP contribution in [0.5, 0.6) is 0 Å². The van der Waals surface area contributed by atoms with Crippen LogP contribution in [0.25, 0.3) is 10.6 Å². The van der Waals surface area contributed by atoms with Gasteiger partial charge in [-0.3, -0.25) is 9.79 Å². The molecule has 2 aromatic rings. The minimum atomic E-state index is -0.0306. The molecule has 118 valence electrons. The number of amides is 1. The van der Waals surface area contributed by atoms with E-state index in [4.69, 9.17) is 5.73 Å². The quantitative estimate of drug-likeness (QED) is 0.558. The number of nitrogens with zero attached hydrogens (tertiary/aromatic N) is 2. The Bertz CT molecular complexity index is 662. The van der Waals surface area contributed by atoms with Crippen molar-refractivity contribution in [3.63, 3.8) is 0 Å². The van der Waals surface area contributed by atoms with E-state index in [1.807, 2.05) is 24.4 Å². The van der Waals surface area contributed by atoms with Crippen LogP contribution < -0.4 is 16.4 Å². The zero-order valence-corrected chi connectivity index (χ0v) is 14.2. The molecule has 0 aromatic carbocycles. The highest BCUT2D eigenvalue weighted by atomic mass is 32.1. The first-order valence-corrected chi connectivity index (χ1v) is 8.64. The van der Waals surface area contributed by atoms with Gasteiger partial charge < -0.3 is 16.4 Å². The number of nitrogens with two attached hydrogens (primary N) is 1. The van der Waals surface area contributed by atoms with Crippen molar-refractivity contribution >= 4 is 39.7 Å². The van der Waals surface area contributed by atoms with Crippen molar-refractivity contribution in [2.45, 2.75) is 26.8 Å². The van der Waals surface area contributed by atoms with Crippen LogP contribution in [0.15, 0.2) is 22.5 Å². The summed E-state index contributed by atoms with van der Waals surface area (Å²) in [7, 11) is 0. The molecule has 0 radical (unpaired) electrons. The monoisotopic (exact) mass is 337 g/mol. The summed E-state index contributed by atoms with van der Waals surface area (Å²) in [5.41, 5.74) is 6.68. The van der Waals surface area contributed by atoms with Gasteiger partial charge in [0, 0.05) is 23.7 Å². The van der Waals surface area contributed by atoms with Crippen molar-refractivity contribution < 1.29 is 4.79 Å². The van der Waals surface area contributed by atoms with Crippen LogP contribution in [-0.4, -0.2) is 23.4 Å². The van der Waals surface area contributed by atoms with Gasteiger partial charge >= 0.3 is 0 Å². The molecule has 0 saturated carbocycles. The third-order valence-corrected chi connectivity index (χ3v) is 4.54. The number of anilines is 1. The fourth-order valence-electron chi connectivity index (χ4n) is 1.65. The zero-order valence-electron chi connectivity index (χ0n) is 12.5. The van der Waals surface area contributed by atoms with Gasteiger partial charge in [0.15, 0.2) is 11.1 Å². The van der Waals surface area contributed by atoms with Crippen LogP contribution in [0, 0.1) is 0 Å². The van der Waals surface area contributed by atoms with Gasteiger partial charge in [0.25, 0.3) is 0 Å². The van der Waals surface area contributed by atoms with Gasteiger partial charge in [-0.2, -0.15) is 0 Å². The van der Waals surface area contributed by atoms with Crippen molar-refractivity contribution in [1.82, 2.24) is 10.3 Å².